The van der Waals surface area contributed by atoms with Crippen molar-refractivity contribution in [3.8, 4) is 0 Å². The van der Waals surface area contributed by atoms with Crippen molar-refractivity contribution in [1.82, 2.24) is 0 Å². The van der Waals surface area contributed by atoms with E-state index >= 15 is 0 Å². The lowest BCUT2D eigenvalue weighted by atomic mass is 9.59. The average Bonchev–Trinajstić information content (AvgIpc) is 2.98. The van der Waals surface area contributed by atoms with Crippen LogP contribution in [0.1, 0.15) is 95.6 Å². The molecule has 0 radical (unpaired) electrons. The largest absolute Gasteiger partial charge is 0.416 e. The molecule has 1 aromatic carbocycles. The van der Waals surface area contributed by atoms with Crippen molar-refractivity contribution in [3.05, 3.63) is 47.5 Å². The Morgan fingerprint density at radius 1 is 1.09 bits per heavy atom. The Morgan fingerprint density at radius 2 is 1.88 bits per heavy atom. The van der Waals surface area contributed by atoms with Gasteiger partial charge in [0.1, 0.15) is 5.78 Å². The summed E-state index contributed by atoms with van der Waals surface area (Å²) in [6, 6.07) is 5.74. The highest BCUT2D eigenvalue weighted by molar-refractivity contribution is 5.82. The van der Waals surface area contributed by atoms with Gasteiger partial charge in [0, 0.05) is 12.3 Å². The zero-order valence-electron chi connectivity index (χ0n) is 19.7. The van der Waals surface area contributed by atoms with E-state index in [0.29, 0.717) is 18.1 Å². The first kappa shape index (κ1) is 25.1. The lowest BCUT2D eigenvalue weighted by Crippen LogP contribution is -2.36. The third kappa shape index (κ3) is 7.22. The molecule has 1 saturated carbocycles. The van der Waals surface area contributed by atoms with E-state index in [4.69, 9.17) is 0 Å². The SMILES string of the molecule is CC(C)(CCCc1cccc(C(F)(F)F)c1)C1CC(CCCC(=O)[C@H]2C=CCCCC2)C1. The zero-order valence-corrected chi connectivity index (χ0v) is 19.7. The number of rotatable bonds is 10. The minimum absolute atomic E-state index is 0.155. The maximum Gasteiger partial charge on any atom is 0.416 e. The number of Topliss-reactive ketones (excluding diaryl/α,β-unsaturated/α-hetero) is 1. The third-order valence-electron chi connectivity index (χ3n) is 7.84. The highest BCUT2D eigenvalue weighted by atomic mass is 19.4. The molecule has 0 spiro atoms. The maximum atomic E-state index is 12.9. The standard InChI is InChI=1S/C28H39F3O/c1-27(2,17-9-12-21-10-7-15-24(18-21)28(29,30)31)25-19-22(20-25)11-8-16-26(32)23-13-5-3-4-6-14-23/h5,7,10,13,15,18,22-23,25H,3-4,6,8-9,11-12,14,16-17,19-20H2,1-2H3/t22?,23-,25?/m0/s1. The van der Waals surface area contributed by atoms with Gasteiger partial charge in [-0.2, -0.15) is 13.2 Å². The molecular formula is C28H39F3O. The quantitative estimate of drug-likeness (QED) is 0.328. The van der Waals surface area contributed by atoms with Gasteiger partial charge in [-0.25, -0.2) is 0 Å². The van der Waals surface area contributed by atoms with Gasteiger partial charge in [-0.05, 0) is 86.7 Å². The van der Waals surface area contributed by atoms with Crippen LogP contribution in [0.5, 0.6) is 0 Å². The number of benzene rings is 1. The second kappa shape index (κ2) is 11.0. The Morgan fingerprint density at radius 3 is 2.62 bits per heavy atom. The Kier molecular flexibility index (Phi) is 8.63. The predicted octanol–water partition coefficient (Wildman–Crippen LogP) is 8.57. The van der Waals surface area contributed by atoms with Crippen molar-refractivity contribution >= 4 is 5.78 Å². The van der Waals surface area contributed by atoms with E-state index in [2.05, 4.69) is 26.0 Å². The van der Waals surface area contributed by atoms with Crippen molar-refractivity contribution in [2.24, 2.45) is 23.2 Å². The molecule has 2 aliphatic carbocycles. The van der Waals surface area contributed by atoms with Crippen LogP contribution in [0.25, 0.3) is 0 Å². The van der Waals surface area contributed by atoms with E-state index in [1.165, 1.54) is 31.4 Å². The number of hydrogen-bond acceptors (Lipinski definition) is 1. The molecule has 0 bridgehead atoms. The predicted molar refractivity (Wildman–Crippen MR) is 124 cm³/mol. The van der Waals surface area contributed by atoms with Crippen LogP contribution in [0, 0.1) is 23.2 Å². The van der Waals surface area contributed by atoms with Gasteiger partial charge in [-0.15, -0.1) is 0 Å². The van der Waals surface area contributed by atoms with Crippen LogP contribution in [0.15, 0.2) is 36.4 Å². The van der Waals surface area contributed by atoms with Crippen molar-refractivity contribution in [3.63, 3.8) is 0 Å². The van der Waals surface area contributed by atoms with Gasteiger partial charge in [0.15, 0.2) is 0 Å². The second-order valence-corrected chi connectivity index (χ2v) is 10.8. The molecule has 1 aromatic rings. The Bertz CT molecular complexity index is 771. The molecule has 0 unspecified atom stereocenters. The van der Waals surface area contributed by atoms with Crippen LogP contribution in [-0.4, -0.2) is 5.78 Å². The van der Waals surface area contributed by atoms with E-state index in [0.717, 1.165) is 68.9 Å². The molecule has 1 atom stereocenters. The van der Waals surface area contributed by atoms with E-state index < -0.39 is 11.7 Å². The monoisotopic (exact) mass is 448 g/mol. The minimum atomic E-state index is -4.27. The number of aryl methyl sites for hydroxylation is 1. The summed E-state index contributed by atoms with van der Waals surface area (Å²) >= 11 is 0. The molecule has 178 valence electrons. The third-order valence-corrected chi connectivity index (χ3v) is 7.84. The molecule has 1 nitrogen and oxygen atoms in total. The molecule has 0 N–H and O–H groups in total. The highest BCUT2D eigenvalue weighted by Crippen LogP contribution is 2.49. The van der Waals surface area contributed by atoms with E-state index in [9.17, 15) is 18.0 Å². The van der Waals surface area contributed by atoms with Crippen LogP contribution in [-0.2, 0) is 17.4 Å². The average molecular weight is 449 g/mol. The summed E-state index contributed by atoms with van der Waals surface area (Å²) in [6.45, 7) is 4.61. The van der Waals surface area contributed by atoms with Gasteiger partial charge >= 0.3 is 6.18 Å². The molecule has 3 rings (SSSR count). The Balaban J connectivity index is 1.33. The summed E-state index contributed by atoms with van der Waals surface area (Å²) < 4.78 is 38.7. The van der Waals surface area contributed by atoms with Gasteiger partial charge in [-0.3, -0.25) is 4.79 Å². The molecule has 1 fully saturated rings. The van der Waals surface area contributed by atoms with E-state index in [1.54, 1.807) is 6.07 Å². The molecule has 0 heterocycles. The van der Waals surface area contributed by atoms with Crippen LogP contribution in [0.2, 0.25) is 0 Å². The number of carbonyl (C=O) groups excluding carboxylic acids is 1. The Labute approximate surface area is 191 Å². The molecule has 4 heteroatoms. The normalized spacial score (nSPS) is 24.1. The number of alkyl halides is 3. The first-order chi connectivity index (χ1) is 15.1. The van der Waals surface area contributed by atoms with Crippen LogP contribution < -0.4 is 0 Å². The maximum absolute atomic E-state index is 12.9. The summed E-state index contributed by atoms with van der Waals surface area (Å²) in [7, 11) is 0. The van der Waals surface area contributed by atoms with Gasteiger partial charge in [0.25, 0.3) is 0 Å². The first-order valence-corrected chi connectivity index (χ1v) is 12.5. The van der Waals surface area contributed by atoms with Crippen LogP contribution >= 0.6 is 0 Å². The van der Waals surface area contributed by atoms with Crippen molar-refractivity contribution in [2.45, 2.75) is 97.1 Å². The molecule has 0 amide bonds. The highest BCUT2D eigenvalue weighted by Gasteiger charge is 2.39. The van der Waals surface area contributed by atoms with Gasteiger partial charge in [-0.1, -0.05) is 57.0 Å². The second-order valence-electron chi connectivity index (χ2n) is 10.8. The van der Waals surface area contributed by atoms with E-state index in [1.807, 2.05) is 0 Å². The summed E-state index contributed by atoms with van der Waals surface area (Å²) in [5, 5.41) is 0. The van der Waals surface area contributed by atoms with Crippen molar-refractivity contribution in [2.75, 3.05) is 0 Å². The number of carbonyl (C=O) groups is 1. The number of ketones is 1. The van der Waals surface area contributed by atoms with Crippen molar-refractivity contribution in [1.29, 1.82) is 0 Å². The van der Waals surface area contributed by atoms with Gasteiger partial charge in [0.2, 0.25) is 0 Å². The summed E-state index contributed by atoms with van der Waals surface area (Å²) in [5.41, 5.74) is 0.443. The number of allylic oxidation sites excluding steroid dienone is 2. The van der Waals surface area contributed by atoms with Crippen LogP contribution in [0.3, 0.4) is 0 Å². The van der Waals surface area contributed by atoms with Gasteiger partial charge in [0.05, 0.1) is 5.56 Å². The summed E-state index contributed by atoms with van der Waals surface area (Å²) in [4.78, 5) is 12.5. The van der Waals surface area contributed by atoms with E-state index in [-0.39, 0.29) is 11.3 Å². The smallest absolute Gasteiger partial charge is 0.299 e. The first-order valence-electron chi connectivity index (χ1n) is 12.5. The number of halogens is 3. The zero-order chi connectivity index (χ0) is 23.2. The summed E-state index contributed by atoms with van der Waals surface area (Å²) in [6.07, 6.45) is 12.5. The fraction of sp³-hybridized carbons (Fsp3) is 0.679. The lowest BCUT2D eigenvalue weighted by Gasteiger charge is -2.46. The Hall–Kier alpha value is -1.58. The molecule has 0 aromatic heterocycles. The molecule has 0 aliphatic heterocycles. The molecular weight excluding hydrogens is 409 g/mol. The molecule has 32 heavy (non-hydrogen) atoms. The lowest BCUT2D eigenvalue weighted by molar-refractivity contribution is -0.137. The van der Waals surface area contributed by atoms with Gasteiger partial charge < -0.3 is 0 Å². The topological polar surface area (TPSA) is 17.1 Å². The number of hydrogen-bond donors (Lipinski definition) is 0. The molecule has 2 aliphatic rings. The fourth-order valence-corrected chi connectivity index (χ4v) is 5.47. The van der Waals surface area contributed by atoms with Crippen LogP contribution in [0.4, 0.5) is 13.2 Å². The van der Waals surface area contributed by atoms with Crippen molar-refractivity contribution < 1.29 is 18.0 Å². The fourth-order valence-electron chi connectivity index (χ4n) is 5.47. The summed E-state index contributed by atoms with van der Waals surface area (Å²) in [5.74, 6) is 2.01. The molecule has 0 saturated heterocycles. The minimum Gasteiger partial charge on any atom is -0.299 e.